The first-order chi connectivity index (χ1) is 11.6. The van der Waals surface area contributed by atoms with Crippen molar-refractivity contribution >= 4 is 17.5 Å². The van der Waals surface area contributed by atoms with E-state index in [1.165, 1.54) is 6.07 Å². The first kappa shape index (κ1) is 16.2. The molecule has 1 aliphatic rings. The molecule has 0 bridgehead atoms. The lowest BCUT2D eigenvalue weighted by Crippen LogP contribution is -2.24. The van der Waals surface area contributed by atoms with Crippen molar-refractivity contribution < 1.29 is 14.0 Å². The topological polar surface area (TPSA) is 49.4 Å². The molecule has 0 unspecified atom stereocenters. The highest BCUT2D eigenvalue weighted by Gasteiger charge is 2.20. The zero-order valence-electron chi connectivity index (χ0n) is 13.3. The van der Waals surface area contributed by atoms with Crippen molar-refractivity contribution in [1.82, 2.24) is 4.90 Å². The van der Waals surface area contributed by atoms with Gasteiger partial charge in [-0.25, -0.2) is 4.39 Å². The van der Waals surface area contributed by atoms with E-state index in [1.54, 1.807) is 24.3 Å². The van der Waals surface area contributed by atoms with E-state index in [0.29, 0.717) is 24.2 Å². The number of hydrogen-bond donors (Lipinski definition) is 1. The number of nitrogens with zero attached hydrogens (tertiary/aromatic N) is 1. The largest absolute Gasteiger partial charge is 0.338 e. The zero-order valence-corrected chi connectivity index (χ0v) is 13.3. The third-order valence-electron chi connectivity index (χ3n) is 4.06. The number of rotatable bonds is 5. The molecule has 0 radical (unpaired) electrons. The molecule has 24 heavy (non-hydrogen) atoms. The van der Waals surface area contributed by atoms with Crippen molar-refractivity contribution in [3.63, 3.8) is 0 Å². The lowest BCUT2D eigenvalue weighted by atomic mass is 10.1. The molecule has 5 heteroatoms. The summed E-state index contributed by atoms with van der Waals surface area (Å²) in [5, 5.41) is 2.79. The second-order valence-electron chi connectivity index (χ2n) is 5.94. The van der Waals surface area contributed by atoms with Crippen LogP contribution in [0.2, 0.25) is 0 Å². The summed E-state index contributed by atoms with van der Waals surface area (Å²) in [5.41, 5.74) is 1.99. The van der Waals surface area contributed by atoms with Gasteiger partial charge in [0.1, 0.15) is 5.82 Å². The molecule has 0 aromatic heterocycles. The molecule has 1 saturated heterocycles. The minimum absolute atomic E-state index is 0.0124. The van der Waals surface area contributed by atoms with Crippen LogP contribution in [0.5, 0.6) is 0 Å². The maximum Gasteiger partial charge on any atom is 0.228 e. The molecule has 2 aromatic carbocycles. The fraction of sp³-hybridized carbons (Fsp3) is 0.263. The molecule has 1 N–H and O–H groups in total. The number of halogens is 1. The number of carbonyl (C=O) groups is 2. The number of nitrogens with one attached hydrogen (secondary N) is 1. The molecule has 3 rings (SSSR count). The maximum atomic E-state index is 13.6. The van der Waals surface area contributed by atoms with Crippen LogP contribution in [0.1, 0.15) is 24.0 Å². The molecule has 4 nitrogen and oxygen atoms in total. The minimum atomic E-state index is -0.381. The van der Waals surface area contributed by atoms with Gasteiger partial charge in [0.25, 0.3) is 0 Å². The lowest BCUT2D eigenvalue weighted by molar-refractivity contribution is -0.128. The molecule has 1 fully saturated rings. The highest BCUT2D eigenvalue weighted by atomic mass is 19.1. The molecule has 0 aliphatic carbocycles. The Bertz CT molecular complexity index is 761. The van der Waals surface area contributed by atoms with E-state index >= 15 is 0 Å². The van der Waals surface area contributed by atoms with Gasteiger partial charge in [0.05, 0.1) is 6.42 Å². The van der Waals surface area contributed by atoms with Gasteiger partial charge in [0.15, 0.2) is 0 Å². The maximum absolute atomic E-state index is 13.6. The Morgan fingerprint density at radius 2 is 2.00 bits per heavy atom. The van der Waals surface area contributed by atoms with Gasteiger partial charge in [-0.2, -0.15) is 0 Å². The van der Waals surface area contributed by atoms with Gasteiger partial charge in [-0.3, -0.25) is 9.59 Å². The van der Waals surface area contributed by atoms with Gasteiger partial charge in [0, 0.05) is 25.2 Å². The Morgan fingerprint density at radius 3 is 2.75 bits per heavy atom. The van der Waals surface area contributed by atoms with Crippen LogP contribution >= 0.6 is 0 Å². The predicted molar refractivity (Wildman–Crippen MR) is 89.8 cm³/mol. The quantitative estimate of drug-likeness (QED) is 0.918. The van der Waals surface area contributed by atoms with E-state index < -0.39 is 0 Å². The van der Waals surface area contributed by atoms with E-state index in [1.807, 2.05) is 23.1 Å². The fourth-order valence-electron chi connectivity index (χ4n) is 2.86. The highest BCUT2D eigenvalue weighted by molar-refractivity contribution is 5.92. The molecule has 2 aromatic rings. The van der Waals surface area contributed by atoms with Crippen LogP contribution < -0.4 is 5.32 Å². The number of likely N-dealkylation sites (tertiary alicyclic amines) is 1. The number of hydrogen-bond acceptors (Lipinski definition) is 2. The van der Waals surface area contributed by atoms with E-state index in [0.717, 1.165) is 18.5 Å². The molecule has 2 amide bonds. The summed E-state index contributed by atoms with van der Waals surface area (Å²) in [6.45, 7) is 1.33. The first-order valence-corrected chi connectivity index (χ1v) is 8.02. The smallest absolute Gasteiger partial charge is 0.228 e. The molecule has 124 valence electrons. The molecule has 1 heterocycles. The molecule has 1 aliphatic heterocycles. The van der Waals surface area contributed by atoms with E-state index in [-0.39, 0.29) is 24.1 Å². The summed E-state index contributed by atoms with van der Waals surface area (Å²) in [6.07, 6.45) is 1.50. The zero-order chi connectivity index (χ0) is 16.9. The summed E-state index contributed by atoms with van der Waals surface area (Å²) in [6, 6.07) is 13.7. The van der Waals surface area contributed by atoms with Gasteiger partial charge < -0.3 is 10.2 Å². The molecular weight excluding hydrogens is 307 g/mol. The van der Waals surface area contributed by atoms with Crippen molar-refractivity contribution in [2.45, 2.75) is 25.8 Å². The van der Waals surface area contributed by atoms with E-state index in [9.17, 15) is 14.0 Å². The fourth-order valence-corrected chi connectivity index (χ4v) is 2.86. The number of carbonyl (C=O) groups excluding carboxylic acids is 2. The van der Waals surface area contributed by atoms with Gasteiger partial charge in [-0.05, 0) is 35.7 Å². The third kappa shape index (κ3) is 3.98. The Labute approximate surface area is 140 Å². The number of benzene rings is 2. The van der Waals surface area contributed by atoms with Crippen LogP contribution in [0.25, 0.3) is 0 Å². The monoisotopic (exact) mass is 326 g/mol. The van der Waals surface area contributed by atoms with Crippen LogP contribution in [0, 0.1) is 5.82 Å². The van der Waals surface area contributed by atoms with E-state index in [2.05, 4.69) is 5.32 Å². The normalized spacial score (nSPS) is 14.0. The molecular formula is C19H19FN2O2. The average Bonchev–Trinajstić information content (AvgIpc) is 2.95. The van der Waals surface area contributed by atoms with Gasteiger partial charge >= 0.3 is 0 Å². The molecule has 0 spiro atoms. The van der Waals surface area contributed by atoms with Crippen molar-refractivity contribution in [2.24, 2.45) is 0 Å². The first-order valence-electron chi connectivity index (χ1n) is 8.02. The second-order valence-corrected chi connectivity index (χ2v) is 5.94. The lowest BCUT2D eigenvalue weighted by Gasteiger charge is -2.16. The average molecular weight is 326 g/mol. The van der Waals surface area contributed by atoms with Gasteiger partial charge in [0.2, 0.25) is 11.8 Å². The Balaban J connectivity index is 1.62. The Kier molecular flexibility index (Phi) is 4.89. The number of anilines is 1. The van der Waals surface area contributed by atoms with Crippen LogP contribution in [0.3, 0.4) is 0 Å². The van der Waals surface area contributed by atoms with Crippen molar-refractivity contribution in [3.8, 4) is 0 Å². The van der Waals surface area contributed by atoms with Crippen molar-refractivity contribution in [3.05, 3.63) is 65.5 Å². The summed E-state index contributed by atoms with van der Waals surface area (Å²) in [7, 11) is 0. The highest BCUT2D eigenvalue weighted by Crippen LogP contribution is 2.17. The van der Waals surface area contributed by atoms with Gasteiger partial charge in [-0.15, -0.1) is 0 Å². The van der Waals surface area contributed by atoms with Crippen LogP contribution in [-0.4, -0.2) is 23.3 Å². The van der Waals surface area contributed by atoms with Crippen LogP contribution in [0.15, 0.2) is 48.5 Å². The molecule has 0 atom stereocenters. The third-order valence-corrected chi connectivity index (χ3v) is 4.06. The molecule has 0 saturated carbocycles. The Hall–Kier alpha value is -2.69. The van der Waals surface area contributed by atoms with Gasteiger partial charge in [-0.1, -0.05) is 30.3 Å². The minimum Gasteiger partial charge on any atom is -0.338 e. The summed E-state index contributed by atoms with van der Waals surface area (Å²) in [5.74, 6) is -0.479. The standard InChI is InChI=1S/C19H19FN2O2/c20-17-8-2-1-6-15(17)12-18(23)21-16-7-3-5-14(11-16)13-22-10-4-9-19(22)24/h1-3,5-8,11H,4,9-10,12-13H2,(H,21,23). The Morgan fingerprint density at radius 1 is 1.17 bits per heavy atom. The second kappa shape index (κ2) is 7.25. The summed E-state index contributed by atoms with van der Waals surface area (Å²) >= 11 is 0. The summed E-state index contributed by atoms with van der Waals surface area (Å²) < 4.78 is 13.6. The van der Waals surface area contributed by atoms with E-state index in [4.69, 9.17) is 0 Å². The predicted octanol–water partition coefficient (Wildman–Crippen LogP) is 3.13. The van der Waals surface area contributed by atoms with Crippen molar-refractivity contribution in [1.29, 1.82) is 0 Å². The summed E-state index contributed by atoms with van der Waals surface area (Å²) in [4.78, 5) is 25.6. The van der Waals surface area contributed by atoms with Crippen molar-refractivity contribution in [2.75, 3.05) is 11.9 Å². The van der Waals surface area contributed by atoms with Crippen LogP contribution in [-0.2, 0) is 22.6 Å². The number of amides is 2. The SMILES string of the molecule is O=C(Cc1ccccc1F)Nc1cccc(CN2CCCC2=O)c1. The van der Waals surface area contributed by atoms with Crippen LogP contribution in [0.4, 0.5) is 10.1 Å².